The molecular formula is C23H37N2O2. The summed E-state index contributed by atoms with van der Waals surface area (Å²) in [6.45, 7) is 2.26. The highest BCUT2D eigenvalue weighted by molar-refractivity contribution is 5.95. The number of hydrogen-bond acceptors (Lipinski definition) is 2. The third kappa shape index (κ3) is 12.2. The second-order valence-electron chi connectivity index (χ2n) is 7.45. The molecule has 0 heterocycles. The van der Waals surface area contributed by atoms with Crippen molar-refractivity contribution < 1.29 is 9.59 Å². The Morgan fingerprint density at radius 1 is 0.815 bits per heavy atom. The third-order valence-corrected chi connectivity index (χ3v) is 4.92. The molecular weight excluding hydrogens is 336 g/mol. The number of amides is 2. The monoisotopic (exact) mass is 373 g/mol. The molecule has 27 heavy (non-hydrogen) atoms. The third-order valence-electron chi connectivity index (χ3n) is 4.92. The van der Waals surface area contributed by atoms with Gasteiger partial charge in [0, 0.05) is 17.7 Å². The van der Waals surface area contributed by atoms with Crippen LogP contribution in [-0.4, -0.2) is 11.8 Å². The lowest BCUT2D eigenvalue weighted by Crippen LogP contribution is -2.11. The van der Waals surface area contributed by atoms with Crippen molar-refractivity contribution in [2.45, 2.75) is 96.8 Å². The number of rotatable bonds is 16. The maximum absolute atomic E-state index is 12.0. The van der Waals surface area contributed by atoms with Crippen molar-refractivity contribution in [3.05, 3.63) is 29.8 Å². The van der Waals surface area contributed by atoms with Crippen molar-refractivity contribution in [1.82, 2.24) is 5.73 Å². The van der Waals surface area contributed by atoms with E-state index in [1.807, 2.05) is 0 Å². The first-order valence-electron chi connectivity index (χ1n) is 10.8. The number of nitrogens with one attached hydrogen (secondary N) is 2. The quantitative estimate of drug-likeness (QED) is 0.335. The van der Waals surface area contributed by atoms with Gasteiger partial charge in [-0.15, -0.1) is 0 Å². The van der Waals surface area contributed by atoms with Crippen LogP contribution in [0.25, 0.3) is 0 Å². The maximum atomic E-state index is 12.0. The van der Waals surface area contributed by atoms with Crippen LogP contribution in [0.4, 0.5) is 5.69 Å². The maximum Gasteiger partial charge on any atom is 0.269 e. The predicted molar refractivity (Wildman–Crippen MR) is 113 cm³/mol. The van der Waals surface area contributed by atoms with E-state index in [9.17, 15) is 9.59 Å². The molecule has 0 saturated heterocycles. The van der Waals surface area contributed by atoms with Gasteiger partial charge in [-0.1, -0.05) is 90.0 Å². The summed E-state index contributed by atoms with van der Waals surface area (Å²) in [5, 5.41) is 2.81. The summed E-state index contributed by atoms with van der Waals surface area (Å²) in [6, 6.07) is 6.56. The first-order chi connectivity index (χ1) is 13.1. The molecule has 0 aliphatic carbocycles. The molecule has 4 heteroatoms. The highest BCUT2D eigenvalue weighted by Gasteiger charge is 2.05. The number of unbranched alkanes of at least 4 members (excludes halogenated alkanes) is 12. The Morgan fingerprint density at radius 2 is 1.33 bits per heavy atom. The summed E-state index contributed by atoms with van der Waals surface area (Å²) in [7, 11) is 0. The minimum absolute atomic E-state index is 0.0207. The van der Waals surface area contributed by atoms with Crippen LogP contribution in [0.15, 0.2) is 24.3 Å². The molecule has 0 aliphatic heterocycles. The molecule has 2 N–H and O–H groups in total. The van der Waals surface area contributed by atoms with E-state index in [0.717, 1.165) is 12.8 Å². The van der Waals surface area contributed by atoms with E-state index in [1.54, 1.807) is 24.3 Å². The molecule has 0 fully saturated rings. The molecule has 151 valence electrons. The van der Waals surface area contributed by atoms with E-state index in [1.165, 1.54) is 70.6 Å². The highest BCUT2D eigenvalue weighted by Crippen LogP contribution is 2.14. The van der Waals surface area contributed by atoms with Crippen LogP contribution in [-0.2, 0) is 4.79 Å². The largest absolute Gasteiger partial charge is 0.326 e. The lowest BCUT2D eigenvalue weighted by atomic mass is 10.0. The number of anilines is 1. The summed E-state index contributed by atoms with van der Waals surface area (Å²) < 4.78 is 0. The topological polar surface area (TPSA) is 70.0 Å². The lowest BCUT2D eigenvalue weighted by Gasteiger charge is -2.06. The van der Waals surface area contributed by atoms with Gasteiger partial charge in [0.2, 0.25) is 5.91 Å². The summed E-state index contributed by atoms with van der Waals surface area (Å²) in [4.78, 5) is 23.0. The summed E-state index contributed by atoms with van der Waals surface area (Å²) in [6.07, 6.45) is 17.3. The highest BCUT2D eigenvalue weighted by atomic mass is 16.2. The van der Waals surface area contributed by atoms with Crippen LogP contribution >= 0.6 is 0 Å². The minimum atomic E-state index is -0.734. The Kier molecular flexibility index (Phi) is 13.1. The predicted octanol–water partition coefficient (Wildman–Crippen LogP) is 6.53. The van der Waals surface area contributed by atoms with Gasteiger partial charge >= 0.3 is 0 Å². The number of benzene rings is 1. The Balaban J connectivity index is 1.95. The number of carbonyl (C=O) groups excluding carboxylic acids is 2. The van der Waals surface area contributed by atoms with Crippen LogP contribution in [0.3, 0.4) is 0 Å². The zero-order valence-electron chi connectivity index (χ0n) is 17.0. The summed E-state index contributed by atoms with van der Waals surface area (Å²) >= 11 is 0. The van der Waals surface area contributed by atoms with Crippen LogP contribution in [0, 0.1) is 0 Å². The van der Waals surface area contributed by atoms with Crippen LogP contribution in [0.2, 0.25) is 0 Å². The fraction of sp³-hybridized carbons (Fsp3) is 0.652. The minimum Gasteiger partial charge on any atom is -0.326 e. The van der Waals surface area contributed by atoms with Gasteiger partial charge in [-0.3, -0.25) is 15.3 Å². The lowest BCUT2D eigenvalue weighted by molar-refractivity contribution is -0.116. The Labute approximate surface area is 165 Å². The number of carbonyl (C=O) groups is 2. The zero-order chi connectivity index (χ0) is 19.7. The average Bonchev–Trinajstić information content (AvgIpc) is 2.65. The van der Waals surface area contributed by atoms with E-state index in [0.29, 0.717) is 17.7 Å². The van der Waals surface area contributed by atoms with Crippen molar-refractivity contribution in [2.24, 2.45) is 0 Å². The van der Waals surface area contributed by atoms with E-state index in [-0.39, 0.29) is 5.91 Å². The second-order valence-corrected chi connectivity index (χ2v) is 7.45. The van der Waals surface area contributed by atoms with Crippen molar-refractivity contribution in [2.75, 3.05) is 5.32 Å². The van der Waals surface area contributed by atoms with Gasteiger partial charge in [0.05, 0.1) is 0 Å². The summed E-state index contributed by atoms with van der Waals surface area (Å²) in [5.74, 6) is -0.754. The molecule has 1 rings (SSSR count). The van der Waals surface area contributed by atoms with E-state index < -0.39 is 5.91 Å². The molecule has 0 aliphatic rings. The molecule has 0 atom stereocenters. The molecule has 0 aromatic heterocycles. The molecule has 0 bridgehead atoms. The summed E-state index contributed by atoms with van der Waals surface area (Å²) in [5.41, 5.74) is 8.00. The van der Waals surface area contributed by atoms with Gasteiger partial charge < -0.3 is 5.32 Å². The van der Waals surface area contributed by atoms with Gasteiger partial charge in [0.25, 0.3) is 5.91 Å². The average molecular weight is 374 g/mol. The standard InChI is InChI=1S/C23H37N2O2/c1-2-3-4-5-6-7-8-9-10-11-12-13-14-18-22(26)25-21-17-15-16-20(19-21)23(24)27/h15-17,19,24H,2-14,18H2,1H3,(H,25,26). The van der Waals surface area contributed by atoms with Crippen molar-refractivity contribution in [1.29, 1.82) is 0 Å². The molecule has 1 aromatic rings. The van der Waals surface area contributed by atoms with Gasteiger partial charge in [0.15, 0.2) is 0 Å². The van der Waals surface area contributed by atoms with E-state index in [4.69, 9.17) is 5.73 Å². The fourth-order valence-electron chi connectivity index (χ4n) is 3.27. The van der Waals surface area contributed by atoms with Gasteiger partial charge in [-0.05, 0) is 24.6 Å². The molecule has 4 nitrogen and oxygen atoms in total. The van der Waals surface area contributed by atoms with Crippen molar-refractivity contribution >= 4 is 17.5 Å². The number of hydrogen-bond donors (Lipinski definition) is 1. The van der Waals surface area contributed by atoms with Gasteiger partial charge in [0.1, 0.15) is 0 Å². The van der Waals surface area contributed by atoms with Crippen LogP contribution in [0.5, 0.6) is 0 Å². The second kappa shape index (κ2) is 15.2. The molecule has 0 unspecified atom stereocenters. The van der Waals surface area contributed by atoms with E-state index in [2.05, 4.69) is 12.2 Å². The first kappa shape index (κ1) is 23.2. The van der Waals surface area contributed by atoms with Crippen molar-refractivity contribution in [3.63, 3.8) is 0 Å². The van der Waals surface area contributed by atoms with Crippen molar-refractivity contribution in [3.8, 4) is 0 Å². The van der Waals surface area contributed by atoms with Gasteiger partial charge in [-0.2, -0.15) is 0 Å². The molecule has 1 radical (unpaired) electrons. The van der Waals surface area contributed by atoms with Gasteiger partial charge in [-0.25, -0.2) is 0 Å². The molecule has 0 saturated carbocycles. The Hall–Kier alpha value is -1.84. The fourth-order valence-corrected chi connectivity index (χ4v) is 3.27. The first-order valence-corrected chi connectivity index (χ1v) is 10.8. The van der Waals surface area contributed by atoms with E-state index >= 15 is 0 Å². The zero-order valence-corrected chi connectivity index (χ0v) is 17.0. The smallest absolute Gasteiger partial charge is 0.269 e. The van der Waals surface area contributed by atoms with Crippen LogP contribution in [0.1, 0.15) is 107 Å². The van der Waals surface area contributed by atoms with Crippen LogP contribution < -0.4 is 11.1 Å². The molecule has 0 spiro atoms. The Bertz CT molecular complexity index is 543. The Morgan fingerprint density at radius 3 is 1.85 bits per heavy atom. The molecule has 1 aromatic carbocycles. The SMILES string of the molecule is CCCCCCCCCCCCCCCC(=O)Nc1cccc(C([NH])=O)c1. The molecule has 2 amide bonds. The normalized spacial score (nSPS) is 10.7.